The summed E-state index contributed by atoms with van der Waals surface area (Å²) in [6, 6.07) is 0. The molecule has 0 aliphatic heterocycles. The highest BCUT2D eigenvalue weighted by Crippen LogP contribution is 2.11. The van der Waals surface area contributed by atoms with E-state index in [0.717, 1.165) is 5.82 Å². The van der Waals surface area contributed by atoms with E-state index in [4.69, 9.17) is 5.73 Å². The minimum Gasteiger partial charge on any atom is -0.319 e. The van der Waals surface area contributed by atoms with Gasteiger partial charge in [-0.1, -0.05) is 0 Å². The first kappa shape index (κ1) is 8.20. The van der Waals surface area contributed by atoms with Crippen molar-refractivity contribution in [2.75, 3.05) is 0 Å². The Morgan fingerprint density at radius 3 is 2.18 bits per heavy atom. The van der Waals surface area contributed by atoms with Crippen LogP contribution in [0.3, 0.4) is 0 Å². The molecule has 1 rings (SSSR count). The smallest absolute Gasteiger partial charge is 0.170 e. The zero-order chi connectivity index (χ0) is 8.65. The molecule has 1 aromatic heterocycles. The van der Waals surface area contributed by atoms with Crippen LogP contribution in [0.4, 0.5) is 0 Å². The average molecular weight is 154 g/mol. The monoisotopic (exact) mass is 154 g/mol. The van der Waals surface area contributed by atoms with Crippen molar-refractivity contribution in [1.82, 2.24) is 14.8 Å². The molecule has 2 N–H and O–H groups in total. The first-order valence-corrected chi connectivity index (χ1v) is 3.58. The summed E-state index contributed by atoms with van der Waals surface area (Å²) >= 11 is 0. The maximum atomic E-state index is 5.80. The SMILES string of the molecule is Cc1nc(C(C)(C)N)nn1C. The van der Waals surface area contributed by atoms with Gasteiger partial charge in [-0.15, -0.1) is 0 Å². The van der Waals surface area contributed by atoms with E-state index in [9.17, 15) is 0 Å². The van der Waals surface area contributed by atoms with E-state index in [1.54, 1.807) is 4.68 Å². The van der Waals surface area contributed by atoms with E-state index in [1.807, 2.05) is 27.8 Å². The van der Waals surface area contributed by atoms with Crippen molar-refractivity contribution in [3.05, 3.63) is 11.6 Å². The Morgan fingerprint density at radius 1 is 1.45 bits per heavy atom. The molecule has 0 saturated carbocycles. The molecule has 0 aliphatic carbocycles. The van der Waals surface area contributed by atoms with E-state index >= 15 is 0 Å². The Bertz CT molecular complexity index is 236. The quantitative estimate of drug-likeness (QED) is 0.633. The summed E-state index contributed by atoms with van der Waals surface area (Å²) in [4.78, 5) is 4.21. The Balaban J connectivity index is 3.08. The van der Waals surface area contributed by atoms with E-state index < -0.39 is 5.54 Å². The van der Waals surface area contributed by atoms with Crippen LogP contribution < -0.4 is 5.73 Å². The van der Waals surface area contributed by atoms with Gasteiger partial charge in [-0.05, 0) is 20.8 Å². The van der Waals surface area contributed by atoms with Crippen molar-refractivity contribution in [3.8, 4) is 0 Å². The molecule has 0 fully saturated rings. The Morgan fingerprint density at radius 2 is 2.00 bits per heavy atom. The van der Waals surface area contributed by atoms with Gasteiger partial charge < -0.3 is 5.73 Å². The summed E-state index contributed by atoms with van der Waals surface area (Å²) in [6.45, 7) is 5.69. The lowest BCUT2D eigenvalue weighted by Crippen LogP contribution is -2.30. The molecule has 0 radical (unpaired) electrons. The molecule has 0 aromatic carbocycles. The van der Waals surface area contributed by atoms with Crippen LogP contribution >= 0.6 is 0 Å². The standard InChI is InChI=1S/C7H14N4/c1-5-9-6(7(2,3)8)10-11(5)4/h8H2,1-4H3. The fraction of sp³-hybridized carbons (Fsp3) is 0.714. The van der Waals surface area contributed by atoms with Gasteiger partial charge in [0, 0.05) is 7.05 Å². The largest absolute Gasteiger partial charge is 0.319 e. The van der Waals surface area contributed by atoms with Gasteiger partial charge in [0.15, 0.2) is 5.82 Å². The highest BCUT2D eigenvalue weighted by atomic mass is 15.3. The van der Waals surface area contributed by atoms with E-state index in [0.29, 0.717) is 5.82 Å². The fourth-order valence-corrected chi connectivity index (χ4v) is 0.735. The fourth-order valence-electron chi connectivity index (χ4n) is 0.735. The predicted molar refractivity (Wildman–Crippen MR) is 43.0 cm³/mol. The number of hydrogen-bond acceptors (Lipinski definition) is 3. The third-order valence-electron chi connectivity index (χ3n) is 1.56. The molecule has 0 amide bonds. The lowest BCUT2D eigenvalue weighted by Gasteiger charge is -2.12. The number of aromatic nitrogens is 3. The van der Waals surface area contributed by atoms with Crippen molar-refractivity contribution in [2.24, 2.45) is 12.8 Å². The molecular formula is C7H14N4. The first-order chi connectivity index (χ1) is 4.91. The zero-order valence-corrected chi connectivity index (χ0v) is 7.42. The third kappa shape index (κ3) is 1.57. The van der Waals surface area contributed by atoms with Crippen LogP contribution in [0.5, 0.6) is 0 Å². The van der Waals surface area contributed by atoms with Crippen LogP contribution in [-0.2, 0) is 12.6 Å². The van der Waals surface area contributed by atoms with Gasteiger partial charge in [0.25, 0.3) is 0 Å². The van der Waals surface area contributed by atoms with Crippen molar-refractivity contribution >= 4 is 0 Å². The molecule has 0 saturated heterocycles. The van der Waals surface area contributed by atoms with Crippen molar-refractivity contribution < 1.29 is 0 Å². The molecule has 4 heteroatoms. The summed E-state index contributed by atoms with van der Waals surface area (Å²) < 4.78 is 1.73. The highest BCUT2D eigenvalue weighted by molar-refractivity contribution is 5.01. The van der Waals surface area contributed by atoms with Crippen LogP contribution in [-0.4, -0.2) is 14.8 Å². The average Bonchev–Trinajstić information content (AvgIpc) is 2.11. The second-order valence-corrected chi connectivity index (χ2v) is 3.33. The first-order valence-electron chi connectivity index (χ1n) is 3.58. The molecule has 0 aliphatic rings. The summed E-state index contributed by atoms with van der Waals surface area (Å²) in [6.07, 6.45) is 0. The minimum atomic E-state index is -0.438. The molecule has 0 atom stereocenters. The van der Waals surface area contributed by atoms with E-state index in [1.165, 1.54) is 0 Å². The summed E-state index contributed by atoms with van der Waals surface area (Å²) in [5, 5.41) is 4.16. The maximum absolute atomic E-state index is 5.80. The molecule has 0 bridgehead atoms. The van der Waals surface area contributed by atoms with Crippen molar-refractivity contribution in [2.45, 2.75) is 26.3 Å². The van der Waals surface area contributed by atoms with Gasteiger partial charge in [0.1, 0.15) is 5.82 Å². The number of aryl methyl sites for hydroxylation is 2. The molecule has 1 heterocycles. The van der Waals surface area contributed by atoms with Crippen LogP contribution in [0.25, 0.3) is 0 Å². The number of nitrogens with zero attached hydrogens (tertiary/aromatic N) is 3. The van der Waals surface area contributed by atoms with Gasteiger partial charge in [-0.2, -0.15) is 5.10 Å². The predicted octanol–water partition coefficient (Wildman–Crippen LogP) is 0.317. The van der Waals surface area contributed by atoms with Gasteiger partial charge in [-0.25, -0.2) is 4.98 Å². The van der Waals surface area contributed by atoms with Crippen molar-refractivity contribution in [3.63, 3.8) is 0 Å². The van der Waals surface area contributed by atoms with Gasteiger partial charge in [-0.3, -0.25) is 4.68 Å². The van der Waals surface area contributed by atoms with Gasteiger partial charge >= 0.3 is 0 Å². The maximum Gasteiger partial charge on any atom is 0.170 e. The Hall–Kier alpha value is -0.900. The highest BCUT2D eigenvalue weighted by Gasteiger charge is 2.19. The molecular weight excluding hydrogens is 140 g/mol. The van der Waals surface area contributed by atoms with Crippen LogP contribution in [0.15, 0.2) is 0 Å². The summed E-state index contributed by atoms with van der Waals surface area (Å²) in [7, 11) is 1.86. The normalized spacial score (nSPS) is 12.1. The number of rotatable bonds is 1. The molecule has 1 aromatic rings. The number of nitrogens with two attached hydrogens (primary N) is 1. The van der Waals surface area contributed by atoms with Crippen molar-refractivity contribution in [1.29, 1.82) is 0 Å². The zero-order valence-electron chi connectivity index (χ0n) is 7.42. The van der Waals surface area contributed by atoms with Crippen LogP contribution in [0.2, 0.25) is 0 Å². The minimum absolute atomic E-state index is 0.438. The van der Waals surface area contributed by atoms with E-state index in [-0.39, 0.29) is 0 Å². The Labute approximate surface area is 66.4 Å². The van der Waals surface area contributed by atoms with Gasteiger partial charge in [0.2, 0.25) is 0 Å². The van der Waals surface area contributed by atoms with Crippen LogP contribution in [0, 0.1) is 6.92 Å². The molecule has 0 unspecified atom stereocenters. The second kappa shape index (κ2) is 2.30. The topological polar surface area (TPSA) is 56.7 Å². The molecule has 11 heavy (non-hydrogen) atoms. The lowest BCUT2D eigenvalue weighted by molar-refractivity contribution is 0.509. The molecule has 62 valence electrons. The van der Waals surface area contributed by atoms with Gasteiger partial charge in [0.05, 0.1) is 5.54 Å². The number of hydrogen-bond donors (Lipinski definition) is 1. The molecule has 0 spiro atoms. The van der Waals surface area contributed by atoms with Crippen LogP contribution in [0.1, 0.15) is 25.5 Å². The lowest BCUT2D eigenvalue weighted by atomic mass is 10.1. The summed E-state index contributed by atoms with van der Waals surface area (Å²) in [5.74, 6) is 1.58. The molecule has 4 nitrogen and oxygen atoms in total. The Kier molecular flexibility index (Phi) is 1.72. The third-order valence-corrected chi connectivity index (χ3v) is 1.56. The second-order valence-electron chi connectivity index (χ2n) is 3.33. The summed E-state index contributed by atoms with van der Waals surface area (Å²) in [5.41, 5.74) is 5.36. The van der Waals surface area contributed by atoms with E-state index in [2.05, 4.69) is 10.1 Å².